The maximum Gasteiger partial charge on any atom is 0.0768 e. The summed E-state index contributed by atoms with van der Waals surface area (Å²) in [5.41, 5.74) is 0. The van der Waals surface area contributed by atoms with Gasteiger partial charge in [0.1, 0.15) is 0 Å². The first-order chi connectivity index (χ1) is 39.2. The number of hydrogen-bond acceptors (Lipinski definition) is 43. The number of hydrogen-bond donors (Lipinski definition) is 0. The molecule has 0 bridgehead atoms. The third-order valence-electron chi connectivity index (χ3n) is 8.50. The van der Waals surface area contributed by atoms with Crippen LogP contribution in [0.25, 0.3) is 0 Å². The van der Waals surface area contributed by atoms with E-state index < -0.39 is 0 Å². The van der Waals surface area contributed by atoms with Crippen LogP contribution in [-0.2, 0) is 0 Å². The monoisotopic (exact) mass is 1890 g/mol. The zero-order valence-electron chi connectivity index (χ0n) is 39.2. The molecule has 0 aliphatic heterocycles. The molecule has 0 heterocycles. The summed E-state index contributed by atoms with van der Waals surface area (Å²) in [6, 6.07) is 0. The zero-order chi connectivity index (χ0) is 68.1. The molecule has 0 N–H and O–H groups in total. The Balaban J connectivity index is 6.00. The van der Waals surface area contributed by atoms with E-state index in [2.05, 4.69) is 0 Å². The first kappa shape index (κ1) is 89.9. The number of thiocarbonyl (C=S) groups is 43. The van der Waals surface area contributed by atoms with Crippen LogP contribution in [0.3, 0.4) is 0 Å². The van der Waals surface area contributed by atoms with Crippen molar-refractivity contribution in [2.75, 3.05) is 0 Å². The van der Waals surface area contributed by atoms with Crippen LogP contribution >= 0.6 is 525 Å². The second-order valence-electron chi connectivity index (χ2n) is 13.8. The van der Waals surface area contributed by atoms with Crippen LogP contribution < -0.4 is 0 Å². The van der Waals surface area contributed by atoms with Gasteiger partial charge >= 0.3 is 0 Å². The minimum atomic E-state index is -0.244. The van der Waals surface area contributed by atoms with Crippen LogP contribution in [0, 0.1) is 0 Å². The molecule has 0 aromatic rings. The fraction of sp³-hybridized carbons (Fsp3) is 0. The Morgan fingerprint density at radius 2 is 0.140 bits per heavy atom. The van der Waals surface area contributed by atoms with E-state index in [1.165, 1.54) is 10.7 Å². The summed E-state index contributed by atoms with van der Waals surface area (Å²) in [6.07, 6.45) is 0. The van der Waals surface area contributed by atoms with Gasteiger partial charge in [0.05, 0.1) is 199 Å². The third-order valence-corrected chi connectivity index (χ3v) is 31.0. The summed E-state index contributed by atoms with van der Waals surface area (Å²) in [7, 11) is 0. The Bertz CT molecular complexity index is 3690. The second kappa shape index (κ2) is 41.3. The smallest absolute Gasteiger partial charge is 0.0768 e. The lowest BCUT2D eigenvalue weighted by Gasteiger charge is -2.16. The first-order valence-electron chi connectivity index (χ1n) is 19.4. The fourth-order valence-corrected chi connectivity index (χ4v) is 15.1. The zero-order valence-corrected chi connectivity index (χ0v) is 74.3. The maximum atomic E-state index is 5.57. The van der Waals surface area contributed by atoms with Crippen molar-refractivity contribution in [1.29, 1.82) is 0 Å². The Hall–Kier alpha value is 3.87. The summed E-state index contributed by atoms with van der Waals surface area (Å²) < 4.78 is 0. The highest BCUT2D eigenvalue weighted by molar-refractivity contribution is 8.14. The summed E-state index contributed by atoms with van der Waals surface area (Å²) in [6.45, 7) is 0. The van der Waals surface area contributed by atoms with Gasteiger partial charge in [0.15, 0.2) is 0 Å². The van der Waals surface area contributed by atoms with E-state index in [0.29, 0.717) is 0 Å². The fourth-order valence-electron chi connectivity index (χ4n) is 4.15. The molecule has 0 fully saturated rings. The third kappa shape index (κ3) is 23.5. The lowest BCUT2D eigenvalue weighted by molar-refractivity contribution is 2.91. The van der Waals surface area contributed by atoms with Crippen LogP contribution in [0.5, 0.6) is 0 Å². The van der Waals surface area contributed by atoms with E-state index in [0.717, 1.165) is 0 Å². The molecule has 86 heavy (non-hydrogen) atoms. The largest absolute Gasteiger partial charge is 0.0871 e. The van der Waals surface area contributed by atoms with Crippen molar-refractivity contribution < 1.29 is 0 Å². The van der Waals surface area contributed by atoms with Gasteiger partial charge in [-0.25, -0.2) is 0 Å². The van der Waals surface area contributed by atoms with Crippen molar-refractivity contribution in [2.45, 2.75) is 0 Å². The van der Waals surface area contributed by atoms with E-state index in [9.17, 15) is 0 Å². The molecule has 0 rings (SSSR count). The minimum absolute atomic E-state index is 0.0233. The summed E-state index contributed by atoms with van der Waals surface area (Å²) in [5.74, 6) is 0. The Kier molecular flexibility index (Phi) is 43.2. The lowest BCUT2D eigenvalue weighted by atomic mass is 9.99. The van der Waals surface area contributed by atoms with E-state index in [-0.39, 0.29) is 199 Å². The molecule has 0 aromatic carbocycles. The quantitative estimate of drug-likeness (QED) is 0.0532. The van der Waals surface area contributed by atoms with Crippen molar-refractivity contribution in [2.24, 2.45) is 0 Å². The van der Waals surface area contributed by atoms with Gasteiger partial charge < -0.3 is 0 Å². The van der Waals surface area contributed by atoms with Crippen molar-refractivity contribution >= 4 is 736 Å². The SMILES string of the molecule is S=CC(=S)C(=S)C(=S)C(=S)C(=S)C(=S)C(=S)C(=S)C(=S)C(=S)C(=S)C(=S)C(=S)C(=S)C(=S)C(=S)C(=S)C(=S)C(=S)C(=S)C(=S)C(=S)C(=S)C(=S)C(=S)C(=S)C(=S)C(=S)C(=S)C(=S)C(=S)C(=S)C(=S)C(=S)C(=S)C(=S)C(=S)C(=S)C(=S)C(=S)C(=S)C=S. The highest BCUT2D eigenvalue weighted by atomic mass is 32.1. The molecule has 0 atom stereocenters. The predicted octanol–water partition coefficient (Wildman–Crippen LogP) is 16.2. The summed E-state index contributed by atoms with van der Waals surface area (Å²) in [4.78, 5) is -6.64. The molecular formula is C43H2S43. The van der Waals surface area contributed by atoms with Crippen LogP contribution in [0.15, 0.2) is 0 Å². The molecule has 43 heteroatoms. The highest BCUT2D eigenvalue weighted by Gasteiger charge is 2.34. The van der Waals surface area contributed by atoms with Gasteiger partial charge in [-0.15, -0.1) is 0 Å². The van der Waals surface area contributed by atoms with Gasteiger partial charge in [-0.3, -0.25) is 0 Å². The highest BCUT2D eigenvalue weighted by Crippen LogP contribution is 2.14. The van der Waals surface area contributed by atoms with E-state index in [1.807, 2.05) is 0 Å². The molecule has 432 valence electrons. The Morgan fingerprint density at radius 3 is 0.186 bits per heavy atom. The van der Waals surface area contributed by atoms with Crippen LogP contribution in [0.4, 0.5) is 0 Å². The molecule has 0 saturated heterocycles. The van der Waals surface area contributed by atoms with E-state index in [4.69, 9.17) is 525 Å². The molecule has 0 radical (unpaired) electrons. The topological polar surface area (TPSA) is 0 Å². The van der Waals surface area contributed by atoms with Crippen LogP contribution in [-0.4, -0.2) is 210 Å². The standard InChI is InChI=1S/C43H2S43/c44-1-3(46)5(48)7(50)9(52)11(54)13(56)15(58)17(60)19(62)21(64)23(66)25(68)27(70)29(72)31(74)33(76)35(78)37(80)39(82)41(84)43(86)42(85)40(83)38(81)36(79)34(77)32(75)30(73)28(71)26(69)24(67)22(65)20(63)18(61)16(59)14(57)12(55)10(53)8(51)6(49)4(47)2-45/h1-2H. The van der Waals surface area contributed by atoms with Crippen molar-refractivity contribution in [3.63, 3.8) is 0 Å². The number of rotatable bonds is 42. The summed E-state index contributed by atoms with van der Waals surface area (Å²) >= 11 is 234. The first-order valence-corrected chi connectivity index (χ1v) is 37.1. The predicted molar refractivity (Wildman–Crippen MR) is 544 cm³/mol. The van der Waals surface area contributed by atoms with Crippen LogP contribution in [0.2, 0.25) is 0 Å². The van der Waals surface area contributed by atoms with Gasteiger partial charge in [-0.2, -0.15) is 0 Å². The van der Waals surface area contributed by atoms with Gasteiger partial charge in [0, 0.05) is 10.7 Å². The van der Waals surface area contributed by atoms with E-state index in [1.54, 1.807) is 0 Å². The molecule has 0 nitrogen and oxygen atoms in total. The van der Waals surface area contributed by atoms with Gasteiger partial charge in [0.2, 0.25) is 0 Å². The second-order valence-corrected chi connectivity index (χ2v) is 31.1. The Labute approximate surface area is 721 Å². The average Bonchev–Trinajstić information content (AvgIpc) is 3.52. The maximum absolute atomic E-state index is 5.57. The van der Waals surface area contributed by atoms with Gasteiger partial charge in [-0.05, 0) is 0 Å². The molecule has 0 aromatic heterocycles. The molecular weight excluding hydrogens is 1900 g/mol. The molecule has 0 aliphatic rings. The molecule has 0 amide bonds. The van der Waals surface area contributed by atoms with Gasteiger partial charge in [-0.1, -0.05) is 525 Å². The van der Waals surface area contributed by atoms with Gasteiger partial charge in [0.25, 0.3) is 0 Å². The summed E-state index contributed by atoms with van der Waals surface area (Å²) in [5, 5.41) is 2.34. The normalized spacial score (nSPS) is 9.77. The lowest BCUT2D eigenvalue weighted by Crippen LogP contribution is -2.43. The molecule has 0 saturated carbocycles. The molecule has 0 spiro atoms. The average molecular weight is 1900 g/mol. The molecule has 0 unspecified atom stereocenters. The van der Waals surface area contributed by atoms with Crippen molar-refractivity contribution in [1.82, 2.24) is 0 Å². The minimum Gasteiger partial charge on any atom is -0.0871 e. The van der Waals surface area contributed by atoms with Crippen molar-refractivity contribution in [3.8, 4) is 0 Å². The van der Waals surface area contributed by atoms with Crippen LogP contribution in [0.1, 0.15) is 0 Å². The van der Waals surface area contributed by atoms with Crippen molar-refractivity contribution in [3.05, 3.63) is 0 Å². The van der Waals surface area contributed by atoms with E-state index >= 15 is 0 Å². The Morgan fingerprint density at radius 1 is 0.0930 bits per heavy atom. The molecule has 0 aliphatic carbocycles.